The van der Waals surface area contributed by atoms with Crippen LogP contribution in [0.4, 0.5) is 5.82 Å². The maximum absolute atomic E-state index is 6.24. The lowest BCUT2D eigenvalue weighted by atomic mass is 10.1. The minimum atomic E-state index is 0.336. The molecule has 0 bridgehead atoms. The van der Waals surface area contributed by atoms with Crippen LogP contribution in [0.1, 0.15) is 68.7 Å². The molecule has 2 aliphatic carbocycles. The molecule has 0 aromatic carbocycles. The summed E-state index contributed by atoms with van der Waals surface area (Å²) in [6.07, 6.45) is 10.3. The Labute approximate surface area is 121 Å². The highest BCUT2D eigenvalue weighted by Gasteiger charge is 2.29. The molecule has 0 radical (unpaired) electrons. The number of nitrogens with zero attached hydrogens (tertiary/aromatic N) is 2. The zero-order valence-corrected chi connectivity index (χ0v) is 12.6. The SMILES string of the molecule is CNc1nc(C2CC2)nc(OC2CCCCCC2)c1C. The second-order valence-electron chi connectivity index (χ2n) is 6.12. The van der Waals surface area contributed by atoms with E-state index in [-0.39, 0.29) is 0 Å². The van der Waals surface area contributed by atoms with Gasteiger partial charge in [-0.2, -0.15) is 4.98 Å². The van der Waals surface area contributed by atoms with Crippen molar-refractivity contribution in [2.75, 3.05) is 12.4 Å². The third-order valence-electron chi connectivity index (χ3n) is 4.38. The Morgan fingerprint density at radius 3 is 2.30 bits per heavy atom. The Kier molecular flexibility index (Phi) is 4.08. The van der Waals surface area contributed by atoms with Crippen molar-refractivity contribution < 1.29 is 4.74 Å². The maximum Gasteiger partial charge on any atom is 0.222 e. The van der Waals surface area contributed by atoms with Gasteiger partial charge in [0.1, 0.15) is 17.7 Å². The molecule has 2 fully saturated rings. The molecule has 3 rings (SSSR count). The lowest BCUT2D eigenvalue weighted by Gasteiger charge is -2.19. The zero-order chi connectivity index (χ0) is 13.9. The molecule has 1 aromatic rings. The summed E-state index contributed by atoms with van der Waals surface area (Å²) in [5.74, 6) is 3.24. The van der Waals surface area contributed by atoms with Gasteiger partial charge in [-0.25, -0.2) is 4.98 Å². The van der Waals surface area contributed by atoms with E-state index in [1.807, 2.05) is 7.05 Å². The Morgan fingerprint density at radius 2 is 1.70 bits per heavy atom. The first kappa shape index (κ1) is 13.7. The van der Waals surface area contributed by atoms with E-state index in [1.54, 1.807) is 0 Å². The van der Waals surface area contributed by atoms with E-state index in [0.717, 1.165) is 35.9 Å². The van der Waals surface area contributed by atoms with Gasteiger partial charge in [-0.1, -0.05) is 12.8 Å². The van der Waals surface area contributed by atoms with Crippen LogP contribution in [0.5, 0.6) is 5.88 Å². The number of nitrogens with one attached hydrogen (secondary N) is 1. The molecule has 0 aliphatic heterocycles. The van der Waals surface area contributed by atoms with Gasteiger partial charge < -0.3 is 10.1 Å². The van der Waals surface area contributed by atoms with E-state index in [4.69, 9.17) is 9.72 Å². The molecule has 0 spiro atoms. The van der Waals surface area contributed by atoms with Crippen molar-refractivity contribution in [2.24, 2.45) is 0 Å². The predicted octanol–water partition coefficient (Wildman–Crippen LogP) is 3.81. The van der Waals surface area contributed by atoms with Gasteiger partial charge in [-0.05, 0) is 45.4 Å². The number of rotatable bonds is 4. The van der Waals surface area contributed by atoms with E-state index in [2.05, 4.69) is 17.2 Å². The van der Waals surface area contributed by atoms with Crippen molar-refractivity contribution in [3.8, 4) is 5.88 Å². The largest absolute Gasteiger partial charge is 0.474 e. The zero-order valence-electron chi connectivity index (χ0n) is 12.6. The maximum atomic E-state index is 6.24. The van der Waals surface area contributed by atoms with Crippen LogP contribution in [-0.4, -0.2) is 23.1 Å². The summed E-state index contributed by atoms with van der Waals surface area (Å²) in [4.78, 5) is 9.32. The summed E-state index contributed by atoms with van der Waals surface area (Å²) in [5.41, 5.74) is 1.04. The highest BCUT2D eigenvalue weighted by molar-refractivity contribution is 5.48. The van der Waals surface area contributed by atoms with Crippen molar-refractivity contribution >= 4 is 5.82 Å². The molecule has 0 unspecified atom stereocenters. The quantitative estimate of drug-likeness (QED) is 0.849. The average Bonchev–Trinajstić information content (AvgIpc) is 3.27. The number of ether oxygens (including phenoxy) is 1. The molecule has 2 saturated carbocycles. The summed E-state index contributed by atoms with van der Waals surface area (Å²) < 4.78 is 6.24. The first-order valence-corrected chi connectivity index (χ1v) is 8.01. The summed E-state index contributed by atoms with van der Waals surface area (Å²) in [5, 5.41) is 3.18. The molecule has 2 aliphatic rings. The lowest BCUT2D eigenvalue weighted by Crippen LogP contribution is -2.18. The monoisotopic (exact) mass is 275 g/mol. The fraction of sp³-hybridized carbons (Fsp3) is 0.750. The van der Waals surface area contributed by atoms with E-state index < -0.39 is 0 Å². The lowest BCUT2D eigenvalue weighted by molar-refractivity contribution is 0.174. The van der Waals surface area contributed by atoms with Gasteiger partial charge >= 0.3 is 0 Å². The van der Waals surface area contributed by atoms with Crippen LogP contribution in [-0.2, 0) is 0 Å². The van der Waals surface area contributed by atoms with Crippen LogP contribution < -0.4 is 10.1 Å². The molecule has 1 N–H and O–H groups in total. The molecule has 0 amide bonds. The number of aromatic nitrogens is 2. The Hall–Kier alpha value is -1.32. The van der Waals surface area contributed by atoms with E-state index >= 15 is 0 Å². The molecule has 1 heterocycles. The molecular weight excluding hydrogens is 250 g/mol. The van der Waals surface area contributed by atoms with Gasteiger partial charge in [-0.15, -0.1) is 0 Å². The summed E-state index contributed by atoms with van der Waals surface area (Å²) in [6, 6.07) is 0. The van der Waals surface area contributed by atoms with Crippen molar-refractivity contribution in [2.45, 2.75) is 70.3 Å². The van der Waals surface area contributed by atoms with Crippen LogP contribution in [0.3, 0.4) is 0 Å². The topological polar surface area (TPSA) is 47.0 Å². The van der Waals surface area contributed by atoms with E-state index in [0.29, 0.717) is 12.0 Å². The third kappa shape index (κ3) is 3.05. The first-order valence-electron chi connectivity index (χ1n) is 8.01. The molecular formula is C16H25N3O. The first-order chi connectivity index (χ1) is 9.78. The minimum Gasteiger partial charge on any atom is -0.474 e. The third-order valence-corrected chi connectivity index (χ3v) is 4.38. The van der Waals surface area contributed by atoms with Crippen LogP contribution >= 0.6 is 0 Å². The van der Waals surface area contributed by atoms with Gasteiger partial charge in [0, 0.05) is 13.0 Å². The summed E-state index contributed by atoms with van der Waals surface area (Å²) in [6.45, 7) is 2.05. The van der Waals surface area contributed by atoms with Crippen LogP contribution in [0, 0.1) is 6.92 Å². The summed E-state index contributed by atoms with van der Waals surface area (Å²) >= 11 is 0. The second-order valence-corrected chi connectivity index (χ2v) is 6.12. The summed E-state index contributed by atoms with van der Waals surface area (Å²) in [7, 11) is 1.92. The minimum absolute atomic E-state index is 0.336. The van der Waals surface area contributed by atoms with Crippen molar-refractivity contribution in [1.82, 2.24) is 9.97 Å². The van der Waals surface area contributed by atoms with Crippen molar-refractivity contribution in [3.63, 3.8) is 0 Å². The van der Waals surface area contributed by atoms with Crippen molar-refractivity contribution in [3.05, 3.63) is 11.4 Å². The molecule has 1 aromatic heterocycles. The van der Waals surface area contributed by atoms with Crippen LogP contribution in [0.25, 0.3) is 0 Å². The highest BCUT2D eigenvalue weighted by Crippen LogP contribution is 2.40. The molecule has 20 heavy (non-hydrogen) atoms. The smallest absolute Gasteiger partial charge is 0.222 e. The molecule has 110 valence electrons. The Balaban J connectivity index is 1.81. The predicted molar refractivity (Wildman–Crippen MR) is 80.4 cm³/mol. The molecule has 4 heteroatoms. The van der Waals surface area contributed by atoms with Gasteiger partial charge in [0.05, 0.1) is 5.56 Å². The van der Waals surface area contributed by atoms with E-state index in [9.17, 15) is 0 Å². The Bertz CT molecular complexity index is 463. The second kappa shape index (κ2) is 5.98. The Morgan fingerprint density at radius 1 is 1.00 bits per heavy atom. The van der Waals surface area contributed by atoms with Gasteiger partial charge in [0.15, 0.2) is 0 Å². The normalized spacial score (nSPS) is 20.5. The number of hydrogen-bond acceptors (Lipinski definition) is 4. The fourth-order valence-electron chi connectivity index (χ4n) is 2.91. The van der Waals surface area contributed by atoms with Gasteiger partial charge in [-0.3, -0.25) is 0 Å². The van der Waals surface area contributed by atoms with E-state index in [1.165, 1.54) is 38.5 Å². The molecule has 0 atom stereocenters. The average molecular weight is 275 g/mol. The van der Waals surface area contributed by atoms with Gasteiger partial charge in [0.25, 0.3) is 0 Å². The molecule has 4 nitrogen and oxygen atoms in total. The standard InChI is InChI=1S/C16H25N3O/c1-11-14(17-2)18-15(12-9-10-12)19-16(11)20-13-7-5-3-4-6-8-13/h12-13H,3-10H2,1-2H3,(H,17,18,19). The van der Waals surface area contributed by atoms with Gasteiger partial charge in [0.2, 0.25) is 5.88 Å². The molecule has 0 saturated heterocycles. The number of hydrogen-bond donors (Lipinski definition) is 1. The van der Waals surface area contributed by atoms with Crippen LogP contribution in [0.15, 0.2) is 0 Å². The van der Waals surface area contributed by atoms with Crippen molar-refractivity contribution in [1.29, 1.82) is 0 Å². The number of anilines is 1. The fourth-order valence-corrected chi connectivity index (χ4v) is 2.91. The highest BCUT2D eigenvalue weighted by atomic mass is 16.5. The van der Waals surface area contributed by atoms with Crippen LogP contribution in [0.2, 0.25) is 0 Å².